The molecule has 0 saturated carbocycles. The van der Waals surface area contributed by atoms with E-state index in [0.29, 0.717) is 0 Å². The van der Waals surface area contributed by atoms with Gasteiger partial charge in [-0.2, -0.15) is 0 Å². The predicted octanol–water partition coefficient (Wildman–Crippen LogP) is 2.77. The van der Waals surface area contributed by atoms with Crippen molar-refractivity contribution in [2.45, 2.75) is 38.8 Å². The summed E-state index contributed by atoms with van der Waals surface area (Å²) in [6.45, 7) is 3.36. The van der Waals surface area contributed by atoms with Gasteiger partial charge in [-0.05, 0) is 44.0 Å². The van der Waals surface area contributed by atoms with Crippen molar-refractivity contribution in [1.29, 1.82) is 0 Å². The summed E-state index contributed by atoms with van der Waals surface area (Å²) in [6, 6.07) is 6.58. The maximum absolute atomic E-state index is 12.8. The van der Waals surface area contributed by atoms with E-state index < -0.39 is 0 Å². The molecular formula is C14H18FNO. The predicted molar refractivity (Wildman–Crippen MR) is 65.1 cm³/mol. The van der Waals surface area contributed by atoms with E-state index in [-0.39, 0.29) is 17.6 Å². The molecule has 1 heterocycles. The summed E-state index contributed by atoms with van der Waals surface area (Å²) in [4.78, 5) is 13.8. The van der Waals surface area contributed by atoms with E-state index in [2.05, 4.69) is 4.90 Å². The molecule has 0 amide bonds. The summed E-state index contributed by atoms with van der Waals surface area (Å²) in [5, 5.41) is 0. The number of nitrogens with zero attached hydrogens (tertiary/aromatic N) is 1. The molecule has 0 bridgehead atoms. The Balaban J connectivity index is 2.05. The molecule has 17 heavy (non-hydrogen) atoms. The first-order valence-corrected chi connectivity index (χ1v) is 6.16. The average Bonchev–Trinajstić information content (AvgIpc) is 2.32. The van der Waals surface area contributed by atoms with Gasteiger partial charge >= 0.3 is 0 Å². The molecule has 1 aromatic carbocycles. The molecule has 2 nitrogen and oxygen atoms in total. The number of piperidine rings is 1. The third-order valence-corrected chi connectivity index (χ3v) is 3.38. The first-order valence-electron chi connectivity index (χ1n) is 6.16. The second-order valence-corrected chi connectivity index (χ2v) is 4.72. The summed E-state index contributed by atoms with van der Waals surface area (Å²) >= 11 is 0. The van der Waals surface area contributed by atoms with E-state index in [1.54, 1.807) is 19.1 Å². The molecule has 0 aromatic heterocycles. The van der Waals surface area contributed by atoms with Crippen LogP contribution in [0.5, 0.6) is 0 Å². The summed E-state index contributed by atoms with van der Waals surface area (Å²) in [5.74, 6) is 0.0299. The standard InChI is InChI=1S/C14H18FNO/c1-11(17)14-4-2-3-9-16(14)10-12-5-7-13(15)8-6-12/h5-8,14H,2-4,9-10H2,1H3. The molecule has 1 atom stereocenters. The number of halogens is 1. The van der Waals surface area contributed by atoms with Crippen LogP contribution in [0.2, 0.25) is 0 Å². The van der Waals surface area contributed by atoms with Crippen LogP contribution in [0.15, 0.2) is 24.3 Å². The first kappa shape index (κ1) is 12.2. The third kappa shape index (κ3) is 3.13. The smallest absolute Gasteiger partial charge is 0.146 e. The van der Waals surface area contributed by atoms with Crippen LogP contribution in [0.25, 0.3) is 0 Å². The number of hydrogen-bond acceptors (Lipinski definition) is 2. The number of likely N-dealkylation sites (tertiary alicyclic amines) is 1. The largest absolute Gasteiger partial charge is 0.298 e. The second-order valence-electron chi connectivity index (χ2n) is 4.72. The fourth-order valence-electron chi connectivity index (χ4n) is 2.46. The van der Waals surface area contributed by atoms with Crippen molar-refractivity contribution in [3.63, 3.8) is 0 Å². The van der Waals surface area contributed by atoms with E-state index in [4.69, 9.17) is 0 Å². The lowest BCUT2D eigenvalue weighted by Gasteiger charge is -2.34. The minimum absolute atomic E-state index is 0.0498. The molecule has 0 N–H and O–H groups in total. The number of carbonyl (C=O) groups is 1. The van der Waals surface area contributed by atoms with Crippen LogP contribution in [0.4, 0.5) is 4.39 Å². The van der Waals surface area contributed by atoms with Crippen LogP contribution in [-0.4, -0.2) is 23.3 Å². The van der Waals surface area contributed by atoms with Gasteiger partial charge in [0.05, 0.1) is 6.04 Å². The van der Waals surface area contributed by atoms with Gasteiger partial charge in [0, 0.05) is 6.54 Å². The number of benzene rings is 1. The Bertz CT molecular complexity index is 388. The monoisotopic (exact) mass is 235 g/mol. The van der Waals surface area contributed by atoms with Gasteiger partial charge in [-0.15, -0.1) is 0 Å². The van der Waals surface area contributed by atoms with Crippen LogP contribution in [0, 0.1) is 5.82 Å². The number of ketones is 1. The Labute approximate surface area is 101 Å². The molecule has 1 unspecified atom stereocenters. The second kappa shape index (κ2) is 5.41. The Kier molecular flexibility index (Phi) is 3.89. The van der Waals surface area contributed by atoms with Gasteiger partial charge in [-0.3, -0.25) is 9.69 Å². The molecule has 1 fully saturated rings. The summed E-state index contributed by atoms with van der Waals surface area (Å²) in [7, 11) is 0. The van der Waals surface area contributed by atoms with Crippen LogP contribution in [0.1, 0.15) is 31.7 Å². The Morgan fingerprint density at radius 1 is 1.35 bits per heavy atom. The zero-order valence-corrected chi connectivity index (χ0v) is 10.2. The lowest BCUT2D eigenvalue weighted by molar-refractivity contribution is -0.123. The molecule has 0 aliphatic carbocycles. The van der Waals surface area contributed by atoms with Crippen molar-refractivity contribution >= 4 is 5.78 Å². The molecule has 3 heteroatoms. The molecule has 1 aromatic rings. The fraction of sp³-hybridized carbons (Fsp3) is 0.500. The van der Waals surface area contributed by atoms with Crippen molar-refractivity contribution in [2.75, 3.05) is 6.54 Å². The van der Waals surface area contributed by atoms with Gasteiger partial charge in [0.2, 0.25) is 0 Å². The number of carbonyl (C=O) groups excluding carboxylic acids is 1. The molecule has 92 valence electrons. The zero-order valence-electron chi connectivity index (χ0n) is 10.2. The highest BCUT2D eigenvalue weighted by atomic mass is 19.1. The van der Waals surface area contributed by atoms with Gasteiger partial charge in [0.15, 0.2) is 0 Å². The van der Waals surface area contributed by atoms with Crippen molar-refractivity contribution in [3.05, 3.63) is 35.6 Å². The highest BCUT2D eigenvalue weighted by Gasteiger charge is 2.25. The Hall–Kier alpha value is -1.22. The van der Waals surface area contributed by atoms with Gasteiger partial charge < -0.3 is 0 Å². The van der Waals surface area contributed by atoms with Gasteiger partial charge in [-0.1, -0.05) is 18.6 Å². The lowest BCUT2D eigenvalue weighted by Crippen LogP contribution is -2.43. The highest BCUT2D eigenvalue weighted by Crippen LogP contribution is 2.20. The van der Waals surface area contributed by atoms with Crippen molar-refractivity contribution in [2.24, 2.45) is 0 Å². The molecule has 0 spiro atoms. The number of rotatable bonds is 3. The van der Waals surface area contributed by atoms with Gasteiger partial charge in [0.25, 0.3) is 0 Å². The Morgan fingerprint density at radius 2 is 2.06 bits per heavy atom. The normalized spacial score (nSPS) is 21.4. The first-order chi connectivity index (χ1) is 8.16. The van der Waals surface area contributed by atoms with E-state index in [1.165, 1.54) is 12.1 Å². The van der Waals surface area contributed by atoms with Crippen LogP contribution >= 0.6 is 0 Å². The van der Waals surface area contributed by atoms with E-state index in [9.17, 15) is 9.18 Å². The molecule has 2 rings (SSSR count). The van der Waals surface area contributed by atoms with Crippen molar-refractivity contribution in [3.8, 4) is 0 Å². The SMILES string of the molecule is CC(=O)C1CCCCN1Cc1ccc(F)cc1. The summed E-state index contributed by atoms with van der Waals surface area (Å²) in [6.07, 6.45) is 3.23. The number of hydrogen-bond donors (Lipinski definition) is 0. The third-order valence-electron chi connectivity index (χ3n) is 3.38. The van der Waals surface area contributed by atoms with E-state index >= 15 is 0 Å². The fourth-order valence-corrected chi connectivity index (χ4v) is 2.46. The van der Waals surface area contributed by atoms with Crippen molar-refractivity contribution < 1.29 is 9.18 Å². The minimum atomic E-state index is -0.212. The lowest BCUT2D eigenvalue weighted by atomic mass is 9.98. The van der Waals surface area contributed by atoms with Crippen LogP contribution < -0.4 is 0 Å². The maximum atomic E-state index is 12.8. The molecule has 1 aliphatic rings. The van der Waals surface area contributed by atoms with Gasteiger partial charge in [0.1, 0.15) is 11.6 Å². The zero-order chi connectivity index (χ0) is 12.3. The topological polar surface area (TPSA) is 20.3 Å². The molecule has 0 radical (unpaired) electrons. The summed E-state index contributed by atoms with van der Waals surface area (Å²) < 4.78 is 12.8. The minimum Gasteiger partial charge on any atom is -0.298 e. The van der Waals surface area contributed by atoms with Crippen LogP contribution in [0.3, 0.4) is 0 Å². The average molecular weight is 235 g/mol. The van der Waals surface area contributed by atoms with Crippen LogP contribution in [-0.2, 0) is 11.3 Å². The number of Topliss-reactive ketones (excluding diaryl/α,β-unsaturated/α-hetero) is 1. The Morgan fingerprint density at radius 3 is 2.71 bits per heavy atom. The van der Waals surface area contributed by atoms with Crippen molar-refractivity contribution in [1.82, 2.24) is 4.90 Å². The quantitative estimate of drug-likeness (QED) is 0.803. The highest BCUT2D eigenvalue weighted by molar-refractivity contribution is 5.81. The maximum Gasteiger partial charge on any atom is 0.146 e. The van der Waals surface area contributed by atoms with E-state index in [1.807, 2.05) is 0 Å². The summed E-state index contributed by atoms with van der Waals surface area (Å²) in [5.41, 5.74) is 1.07. The van der Waals surface area contributed by atoms with E-state index in [0.717, 1.165) is 37.9 Å². The molecule has 1 aliphatic heterocycles. The molecular weight excluding hydrogens is 217 g/mol. The molecule has 1 saturated heterocycles. The van der Waals surface area contributed by atoms with Gasteiger partial charge in [-0.25, -0.2) is 4.39 Å².